The van der Waals surface area contributed by atoms with E-state index in [1.54, 1.807) is 6.07 Å². The summed E-state index contributed by atoms with van der Waals surface area (Å²) in [6, 6.07) is 13.8. The van der Waals surface area contributed by atoms with Gasteiger partial charge in [0.25, 0.3) is 0 Å². The van der Waals surface area contributed by atoms with Crippen LogP contribution in [0.4, 0.5) is 22.4 Å². The van der Waals surface area contributed by atoms with E-state index in [1.165, 1.54) is 36.4 Å². The van der Waals surface area contributed by atoms with E-state index in [2.05, 4.69) is 4.74 Å². The molecule has 0 saturated carbocycles. The molecule has 0 fully saturated rings. The van der Waals surface area contributed by atoms with Crippen molar-refractivity contribution in [2.45, 2.75) is 24.6 Å². The average Bonchev–Trinajstić information content (AvgIpc) is 2.78. The standard InChI is InChI=1S/C24H16ClF4NO4/c1-13(23(33,24(27,28)29)17-4-2-3-14(9-17)12-30)18-7-5-15(10-19(18)25)16-6-8-21(20(26)11-16)34-22(31)32/h2-11,13,33H,1H3,(H,31,32). The topological polar surface area (TPSA) is 90.6 Å². The van der Waals surface area contributed by atoms with Crippen LogP contribution < -0.4 is 4.74 Å². The van der Waals surface area contributed by atoms with Crippen molar-refractivity contribution in [2.75, 3.05) is 0 Å². The Kier molecular flexibility index (Phi) is 6.87. The van der Waals surface area contributed by atoms with E-state index >= 15 is 0 Å². The summed E-state index contributed by atoms with van der Waals surface area (Å²) >= 11 is 6.29. The minimum absolute atomic E-state index is 0.0288. The maximum atomic E-state index is 14.1. The van der Waals surface area contributed by atoms with Gasteiger partial charge in [-0.25, -0.2) is 9.18 Å². The smallest absolute Gasteiger partial charge is 0.449 e. The summed E-state index contributed by atoms with van der Waals surface area (Å²) in [6.07, 6.45) is -6.79. The zero-order valence-electron chi connectivity index (χ0n) is 17.4. The fourth-order valence-corrected chi connectivity index (χ4v) is 3.97. The van der Waals surface area contributed by atoms with E-state index in [0.717, 1.165) is 31.2 Å². The van der Waals surface area contributed by atoms with Gasteiger partial charge in [-0.15, -0.1) is 0 Å². The molecule has 0 radical (unpaired) electrons. The molecule has 0 aliphatic rings. The largest absolute Gasteiger partial charge is 0.511 e. The Morgan fingerprint density at radius 3 is 2.29 bits per heavy atom. The second-order valence-electron chi connectivity index (χ2n) is 7.43. The number of rotatable bonds is 5. The first kappa shape index (κ1) is 25.0. The monoisotopic (exact) mass is 493 g/mol. The summed E-state index contributed by atoms with van der Waals surface area (Å²) in [4.78, 5) is 10.6. The summed E-state index contributed by atoms with van der Waals surface area (Å²) in [5.41, 5.74) is -3.34. The van der Waals surface area contributed by atoms with Crippen molar-refractivity contribution in [3.63, 3.8) is 0 Å². The number of nitriles is 1. The van der Waals surface area contributed by atoms with Gasteiger partial charge in [0.2, 0.25) is 0 Å². The number of aliphatic hydroxyl groups is 1. The summed E-state index contributed by atoms with van der Waals surface area (Å²) in [5.74, 6) is -3.05. The number of carbonyl (C=O) groups is 1. The Labute approximate surface area is 196 Å². The van der Waals surface area contributed by atoms with E-state index in [0.29, 0.717) is 5.56 Å². The average molecular weight is 494 g/mol. The molecule has 0 aromatic heterocycles. The predicted octanol–water partition coefficient (Wildman–Crippen LogP) is 6.63. The number of nitrogens with zero attached hydrogens (tertiary/aromatic N) is 1. The Hall–Kier alpha value is -3.61. The SMILES string of the molecule is CC(c1ccc(-c2ccc(OC(=O)O)c(F)c2)cc1Cl)C(O)(c1cccc(C#N)c1)C(F)(F)F. The Morgan fingerprint density at radius 1 is 1.09 bits per heavy atom. The third-order valence-electron chi connectivity index (χ3n) is 5.42. The van der Waals surface area contributed by atoms with E-state index < -0.39 is 41.0 Å². The van der Waals surface area contributed by atoms with Gasteiger partial charge in [-0.1, -0.05) is 48.9 Å². The summed E-state index contributed by atoms with van der Waals surface area (Å²) in [7, 11) is 0. The molecule has 34 heavy (non-hydrogen) atoms. The minimum atomic E-state index is -5.11. The third-order valence-corrected chi connectivity index (χ3v) is 5.75. The number of carboxylic acid groups (broad SMARTS) is 1. The van der Waals surface area contributed by atoms with Crippen LogP contribution in [-0.4, -0.2) is 22.5 Å². The van der Waals surface area contributed by atoms with Crippen molar-refractivity contribution in [3.8, 4) is 22.9 Å². The van der Waals surface area contributed by atoms with Crippen molar-refractivity contribution in [1.29, 1.82) is 5.26 Å². The molecule has 0 saturated heterocycles. The Morgan fingerprint density at radius 2 is 1.74 bits per heavy atom. The van der Waals surface area contributed by atoms with E-state index in [-0.39, 0.29) is 21.7 Å². The fourth-order valence-electron chi connectivity index (χ4n) is 3.63. The maximum Gasteiger partial charge on any atom is 0.511 e. The van der Waals surface area contributed by atoms with Crippen LogP contribution in [0.5, 0.6) is 5.75 Å². The molecule has 2 unspecified atom stereocenters. The van der Waals surface area contributed by atoms with Crippen LogP contribution in [0.3, 0.4) is 0 Å². The first-order chi connectivity index (χ1) is 15.9. The van der Waals surface area contributed by atoms with Gasteiger partial charge in [0, 0.05) is 10.9 Å². The van der Waals surface area contributed by atoms with E-state index in [4.69, 9.17) is 22.0 Å². The first-order valence-corrected chi connectivity index (χ1v) is 10.1. The molecule has 0 aliphatic carbocycles. The number of benzene rings is 3. The lowest BCUT2D eigenvalue weighted by atomic mass is 9.77. The van der Waals surface area contributed by atoms with E-state index in [1.807, 2.05) is 0 Å². The number of alkyl halides is 3. The van der Waals surface area contributed by atoms with E-state index in [9.17, 15) is 27.5 Å². The van der Waals surface area contributed by atoms with Crippen LogP contribution >= 0.6 is 11.6 Å². The zero-order chi connectivity index (χ0) is 25.3. The molecular weight excluding hydrogens is 478 g/mol. The van der Waals surface area contributed by atoms with Crippen molar-refractivity contribution >= 4 is 17.8 Å². The van der Waals surface area contributed by atoms with Crippen LogP contribution in [0, 0.1) is 17.1 Å². The van der Waals surface area contributed by atoms with Crippen LogP contribution in [0.25, 0.3) is 11.1 Å². The van der Waals surface area contributed by atoms with Gasteiger partial charge in [-0.3, -0.25) is 0 Å². The van der Waals surface area contributed by atoms with Crippen LogP contribution in [0.1, 0.15) is 29.5 Å². The molecule has 2 N–H and O–H groups in total. The zero-order valence-corrected chi connectivity index (χ0v) is 18.2. The molecule has 5 nitrogen and oxygen atoms in total. The van der Waals surface area contributed by atoms with Crippen molar-refractivity contribution in [1.82, 2.24) is 0 Å². The second-order valence-corrected chi connectivity index (χ2v) is 7.84. The number of hydrogen-bond donors (Lipinski definition) is 2. The molecule has 0 bridgehead atoms. The van der Waals surface area contributed by atoms with Gasteiger partial charge < -0.3 is 14.9 Å². The van der Waals surface area contributed by atoms with Gasteiger partial charge in [0.1, 0.15) is 0 Å². The van der Waals surface area contributed by atoms with Gasteiger partial charge >= 0.3 is 12.3 Å². The fraction of sp³-hybridized carbons (Fsp3) is 0.167. The number of ether oxygens (including phenoxy) is 1. The molecule has 3 rings (SSSR count). The molecule has 0 spiro atoms. The Balaban J connectivity index is 2.03. The lowest BCUT2D eigenvalue weighted by Crippen LogP contribution is -2.46. The molecule has 10 heteroatoms. The van der Waals surface area contributed by atoms with Crippen molar-refractivity contribution in [2.24, 2.45) is 0 Å². The summed E-state index contributed by atoms with van der Waals surface area (Å²) in [5, 5.41) is 28.5. The molecule has 0 aliphatic heterocycles. The van der Waals surface area contributed by atoms with Crippen LogP contribution in [0.15, 0.2) is 60.7 Å². The van der Waals surface area contributed by atoms with Gasteiger partial charge in [-0.2, -0.15) is 18.4 Å². The highest BCUT2D eigenvalue weighted by Gasteiger charge is 2.59. The van der Waals surface area contributed by atoms with Crippen molar-refractivity contribution in [3.05, 3.63) is 88.2 Å². The molecule has 3 aromatic rings. The lowest BCUT2D eigenvalue weighted by Gasteiger charge is -2.37. The highest BCUT2D eigenvalue weighted by molar-refractivity contribution is 6.31. The molecule has 2 atom stereocenters. The number of hydrogen-bond acceptors (Lipinski definition) is 4. The quantitative estimate of drug-likeness (QED) is 0.236. The van der Waals surface area contributed by atoms with Crippen LogP contribution in [0.2, 0.25) is 5.02 Å². The van der Waals surface area contributed by atoms with Gasteiger partial charge in [-0.05, 0) is 52.6 Å². The van der Waals surface area contributed by atoms with Gasteiger partial charge in [0.05, 0.1) is 11.6 Å². The third kappa shape index (κ3) is 4.69. The molecular formula is C24H16ClF4NO4. The van der Waals surface area contributed by atoms with Gasteiger partial charge in [0.15, 0.2) is 17.2 Å². The molecule has 176 valence electrons. The highest BCUT2D eigenvalue weighted by Crippen LogP contribution is 2.50. The summed E-state index contributed by atoms with van der Waals surface area (Å²) in [6.45, 7) is 1.16. The first-order valence-electron chi connectivity index (χ1n) is 9.68. The number of halogens is 5. The second kappa shape index (κ2) is 9.33. The Bertz CT molecular complexity index is 1290. The van der Waals surface area contributed by atoms with Crippen LogP contribution in [-0.2, 0) is 5.60 Å². The summed E-state index contributed by atoms with van der Waals surface area (Å²) < 4.78 is 60.9. The minimum Gasteiger partial charge on any atom is -0.449 e. The highest BCUT2D eigenvalue weighted by atomic mass is 35.5. The molecule has 0 amide bonds. The van der Waals surface area contributed by atoms with Crippen molar-refractivity contribution < 1.29 is 37.3 Å². The normalized spacial score (nSPS) is 14.1. The molecule has 0 heterocycles. The predicted molar refractivity (Wildman–Crippen MR) is 115 cm³/mol. The maximum absolute atomic E-state index is 14.1. The lowest BCUT2D eigenvalue weighted by molar-refractivity contribution is -0.274. The molecule has 3 aromatic carbocycles.